The first-order valence-electron chi connectivity index (χ1n) is 7.95. The third kappa shape index (κ3) is 5.25. The molecule has 5 nitrogen and oxygen atoms in total. The van der Waals surface area contributed by atoms with Crippen LogP contribution in [0.5, 0.6) is 5.75 Å². The molecule has 1 aromatic heterocycles. The zero-order valence-corrected chi connectivity index (χ0v) is 15.2. The van der Waals surface area contributed by atoms with Crippen LogP contribution in [0.25, 0.3) is 0 Å². The number of nitrogens with zero attached hydrogens (tertiary/aromatic N) is 1. The number of rotatable bonds is 7. The monoisotopic (exact) mass is 347 g/mol. The van der Waals surface area contributed by atoms with Crippen molar-refractivity contribution in [1.29, 1.82) is 0 Å². The van der Waals surface area contributed by atoms with Gasteiger partial charge in [0.2, 0.25) is 0 Å². The molecule has 0 saturated carbocycles. The number of ether oxygens (including phenoxy) is 1. The number of aliphatic hydroxyl groups is 1. The van der Waals surface area contributed by atoms with Gasteiger partial charge in [-0.3, -0.25) is 0 Å². The van der Waals surface area contributed by atoms with Crippen molar-refractivity contribution in [2.24, 2.45) is 4.99 Å². The highest BCUT2D eigenvalue weighted by Gasteiger charge is 2.23. The molecule has 1 aromatic carbocycles. The largest absolute Gasteiger partial charge is 0.497 e. The molecule has 0 aliphatic heterocycles. The highest BCUT2D eigenvalue weighted by atomic mass is 32.1. The normalized spacial score (nSPS) is 14.1. The van der Waals surface area contributed by atoms with Crippen molar-refractivity contribution in [2.45, 2.75) is 26.0 Å². The van der Waals surface area contributed by atoms with Crippen LogP contribution < -0.4 is 15.4 Å². The van der Waals surface area contributed by atoms with Gasteiger partial charge in [0.25, 0.3) is 0 Å². The van der Waals surface area contributed by atoms with E-state index in [1.165, 1.54) is 0 Å². The number of benzene rings is 1. The van der Waals surface area contributed by atoms with E-state index >= 15 is 0 Å². The molecule has 0 bridgehead atoms. The first-order valence-corrected chi connectivity index (χ1v) is 8.89. The van der Waals surface area contributed by atoms with E-state index in [0.717, 1.165) is 23.4 Å². The van der Waals surface area contributed by atoms with E-state index in [-0.39, 0.29) is 0 Å². The van der Waals surface area contributed by atoms with Gasteiger partial charge in [0.05, 0.1) is 20.2 Å². The fourth-order valence-electron chi connectivity index (χ4n) is 2.21. The highest BCUT2D eigenvalue weighted by molar-refractivity contribution is 7.08. The Labute approximate surface area is 147 Å². The van der Waals surface area contributed by atoms with Crippen molar-refractivity contribution in [3.05, 3.63) is 52.2 Å². The van der Waals surface area contributed by atoms with Gasteiger partial charge >= 0.3 is 0 Å². The molecule has 0 fully saturated rings. The number of methoxy groups -OCH3 is 1. The first-order chi connectivity index (χ1) is 11.5. The third-order valence-corrected chi connectivity index (χ3v) is 4.32. The molecule has 3 N–H and O–H groups in total. The van der Waals surface area contributed by atoms with Crippen LogP contribution in [0.15, 0.2) is 46.1 Å². The Morgan fingerprint density at radius 2 is 2.17 bits per heavy atom. The molecular weight excluding hydrogens is 322 g/mol. The van der Waals surface area contributed by atoms with Gasteiger partial charge in [-0.2, -0.15) is 11.3 Å². The fraction of sp³-hybridized carbons (Fsp3) is 0.389. The van der Waals surface area contributed by atoms with Gasteiger partial charge in [-0.1, -0.05) is 12.1 Å². The zero-order valence-electron chi connectivity index (χ0n) is 14.4. The molecule has 130 valence electrons. The summed E-state index contributed by atoms with van der Waals surface area (Å²) in [4.78, 5) is 4.57. The molecule has 24 heavy (non-hydrogen) atoms. The van der Waals surface area contributed by atoms with Crippen LogP contribution in [0.4, 0.5) is 0 Å². The number of guanidine groups is 1. The van der Waals surface area contributed by atoms with Crippen molar-refractivity contribution in [3.8, 4) is 5.75 Å². The van der Waals surface area contributed by atoms with Gasteiger partial charge in [0.1, 0.15) is 11.4 Å². The van der Waals surface area contributed by atoms with Gasteiger partial charge in [0, 0.05) is 6.54 Å². The summed E-state index contributed by atoms with van der Waals surface area (Å²) < 4.78 is 5.23. The van der Waals surface area contributed by atoms with Crippen LogP contribution in [0.3, 0.4) is 0 Å². The van der Waals surface area contributed by atoms with Crippen molar-refractivity contribution in [1.82, 2.24) is 10.6 Å². The van der Waals surface area contributed by atoms with E-state index in [1.807, 2.05) is 48.0 Å². The maximum absolute atomic E-state index is 10.6. The smallest absolute Gasteiger partial charge is 0.191 e. The summed E-state index contributed by atoms with van der Waals surface area (Å²) in [6.45, 7) is 5.48. The number of nitrogens with one attached hydrogen (secondary N) is 2. The van der Waals surface area contributed by atoms with Gasteiger partial charge in [-0.25, -0.2) is 4.99 Å². The molecule has 1 unspecified atom stereocenters. The summed E-state index contributed by atoms with van der Waals surface area (Å²) in [6, 6.07) is 9.78. The van der Waals surface area contributed by atoms with Gasteiger partial charge in [-0.15, -0.1) is 0 Å². The van der Waals surface area contributed by atoms with Crippen LogP contribution in [0.1, 0.15) is 25.0 Å². The van der Waals surface area contributed by atoms with E-state index in [9.17, 15) is 5.11 Å². The summed E-state index contributed by atoms with van der Waals surface area (Å²) in [7, 11) is 1.65. The lowest BCUT2D eigenvalue weighted by Gasteiger charge is -2.24. The van der Waals surface area contributed by atoms with Gasteiger partial charge in [0.15, 0.2) is 5.96 Å². The molecule has 0 aliphatic carbocycles. The lowest BCUT2D eigenvalue weighted by atomic mass is 9.99. The second-order valence-electron chi connectivity index (χ2n) is 5.69. The lowest BCUT2D eigenvalue weighted by Crippen LogP contribution is -2.44. The Hall–Kier alpha value is -2.05. The van der Waals surface area contributed by atoms with Crippen molar-refractivity contribution >= 4 is 17.3 Å². The topological polar surface area (TPSA) is 65.9 Å². The molecule has 0 saturated heterocycles. The number of hydrogen-bond acceptors (Lipinski definition) is 4. The Kier molecular flexibility index (Phi) is 6.63. The minimum Gasteiger partial charge on any atom is -0.497 e. The Morgan fingerprint density at radius 3 is 2.83 bits per heavy atom. The van der Waals surface area contributed by atoms with Crippen LogP contribution in [-0.2, 0) is 12.1 Å². The second-order valence-corrected chi connectivity index (χ2v) is 6.47. The minimum atomic E-state index is -0.938. The van der Waals surface area contributed by atoms with E-state index in [0.29, 0.717) is 19.0 Å². The molecule has 1 heterocycles. The molecular formula is C18H25N3O2S. The standard InChI is InChI=1S/C18H25N3O2S/c1-4-19-17(20-11-14-6-5-7-16(10-14)23-3)21-13-18(2,22)15-8-9-24-12-15/h5-10,12,22H,4,11,13H2,1-3H3,(H2,19,20,21). The Morgan fingerprint density at radius 1 is 1.33 bits per heavy atom. The van der Waals surface area contributed by atoms with Crippen molar-refractivity contribution < 1.29 is 9.84 Å². The van der Waals surface area contributed by atoms with Crippen molar-refractivity contribution in [2.75, 3.05) is 20.2 Å². The Balaban J connectivity index is 2.00. The summed E-state index contributed by atoms with van der Waals surface area (Å²) in [5, 5.41) is 20.9. The van der Waals surface area contributed by atoms with Crippen LogP contribution >= 0.6 is 11.3 Å². The van der Waals surface area contributed by atoms with Gasteiger partial charge < -0.3 is 20.5 Å². The lowest BCUT2D eigenvalue weighted by molar-refractivity contribution is 0.0621. The summed E-state index contributed by atoms with van der Waals surface area (Å²) in [5.74, 6) is 1.50. The molecule has 0 radical (unpaired) electrons. The van der Waals surface area contributed by atoms with E-state index < -0.39 is 5.60 Å². The highest BCUT2D eigenvalue weighted by Crippen LogP contribution is 2.22. The quantitative estimate of drug-likeness (QED) is 0.532. The Bertz CT molecular complexity index is 654. The summed E-state index contributed by atoms with van der Waals surface area (Å²) >= 11 is 1.58. The zero-order chi connectivity index (χ0) is 17.4. The van der Waals surface area contributed by atoms with Crippen molar-refractivity contribution in [3.63, 3.8) is 0 Å². The molecule has 0 spiro atoms. The maximum atomic E-state index is 10.6. The van der Waals surface area contributed by atoms with Crippen LogP contribution in [-0.4, -0.2) is 31.3 Å². The van der Waals surface area contributed by atoms with Gasteiger partial charge in [-0.05, 0) is 53.9 Å². The maximum Gasteiger partial charge on any atom is 0.191 e. The molecule has 0 aliphatic rings. The third-order valence-electron chi connectivity index (χ3n) is 3.64. The average Bonchev–Trinajstić information content (AvgIpc) is 3.13. The molecule has 1 atom stereocenters. The molecule has 0 amide bonds. The predicted molar refractivity (Wildman–Crippen MR) is 99.7 cm³/mol. The van der Waals surface area contributed by atoms with Crippen LogP contribution in [0.2, 0.25) is 0 Å². The average molecular weight is 347 g/mol. The number of aliphatic imine (C=N–C) groups is 1. The second kappa shape index (κ2) is 8.70. The minimum absolute atomic E-state index is 0.383. The summed E-state index contributed by atoms with van der Waals surface area (Å²) in [6.07, 6.45) is 0. The van der Waals surface area contributed by atoms with Crippen LogP contribution in [0, 0.1) is 0 Å². The predicted octanol–water partition coefficient (Wildman–Crippen LogP) is 2.72. The first kappa shape index (κ1) is 18.3. The number of thiophene rings is 1. The summed E-state index contributed by atoms with van der Waals surface area (Å²) in [5.41, 5.74) is 1.03. The van der Waals surface area contributed by atoms with E-state index in [2.05, 4.69) is 15.6 Å². The van der Waals surface area contributed by atoms with E-state index in [1.54, 1.807) is 25.4 Å². The SMILES string of the molecule is CCNC(=NCc1cccc(OC)c1)NCC(C)(O)c1ccsc1. The molecule has 2 rings (SSSR count). The van der Waals surface area contributed by atoms with E-state index in [4.69, 9.17) is 4.74 Å². The fourth-order valence-corrected chi connectivity index (χ4v) is 2.99. The molecule has 6 heteroatoms. The molecule has 2 aromatic rings. The number of hydrogen-bond donors (Lipinski definition) is 3.